The highest BCUT2D eigenvalue weighted by atomic mass is 79.9. The van der Waals surface area contributed by atoms with E-state index in [4.69, 9.17) is 5.73 Å². The largest absolute Gasteiger partial charge is 0.324 e. The molecule has 2 aromatic rings. The smallest absolute Gasteiger partial charge is 0.0292 e. The molecule has 0 saturated heterocycles. The first-order valence-corrected chi connectivity index (χ1v) is 7.59. The molecule has 18 heavy (non-hydrogen) atoms. The van der Waals surface area contributed by atoms with Crippen LogP contribution >= 0.6 is 27.7 Å². The second-order valence-electron chi connectivity index (χ2n) is 4.14. The van der Waals surface area contributed by atoms with Crippen LogP contribution in [0.4, 0.5) is 0 Å². The summed E-state index contributed by atoms with van der Waals surface area (Å²) in [7, 11) is 0. The van der Waals surface area contributed by atoms with Crippen molar-refractivity contribution in [2.75, 3.05) is 0 Å². The van der Waals surface area contributed by atoms with Crippen molar-refractivity contribution >= 4 is 27.7 Å². The lowest BCUT2D eigenvalue weighted by atomic mass is 10.1. The van der Waals surface area contributed by atoms with Gasteiger partial charge in [0.15, 0.2) is 0 Å². The molecule has 0 fully saturated rings. The summed E-state index contributed by atoms with van der Waals surface area (Å²) >= 11 is 5.20. The Bertz CT molecular complexity index is 493. The van der Waals surface area contributed by atoms with E-state index in [1.54, 1.807) is 11.8 Å². The van der Waals surface area contributed by atoms with Crippen molar-refractivity contribution < 1.29 is 0 Å². The van der Waals surface area contributed by atoms with Gasteiger partial charge in [-0.15, -0.1) is 0 Å². The summed E-state index contributed by atoms with van der Waals surface area (Å²) in [6.45, 7) is 2.11. The standard InChI is InChI=1S/C15H16BrNS/c1-2-15(17)11-3-7-13(8-4-11)18-14-9-5-12(16)6-10-14/h3-10,15H,2,17H2,1H3. The van der Waals surface area contributed by atoms with E-state index >= 15 is 0 Å². The van der Waals surface area contributed by atoms with Crippen molar-refractivity contribution in [2.24, 2.45) is 5.73 Å². The van der Waals surface area contributed by atoms with Crippen molar-refractivity contribution in [3.63, 3.8) is 0 Å². The molecule has 2 rings (SSSR count). The van der Waals surface area contributed by atoms with Crippen LogP contribution in [0.3, 0.4) is 0 Å². The Morgan fingerprint density at radius 2 is 1.50 bits per heavy atom. The van der Waals surface area contributed by atoms with E-state index < -0.39 is 0 Å². The first-order chi connectivity index (χ1) is 8.69. The van der Waals surface area contributed by atoms with Crippen LogP contribution in [-0.4, -0.2) is 0 Å². The topological polar surface area (TPSA) is 26.0 Å². The normalized spacial score (nSPS) is 12.4. The zero-order valence-electron chi connectivity index (χ0n) is 10.3. The third-order valence-corrected chi connectivity index (χ3v) is 4.34. The monoisotopic (exact) mass is 321 g/mol. The summed E-state index contributed by atoms with van der Waals surface area (Å²) in [6.07, 6.45) is 0.971. The zero-order chi connectivity index (χ0) is 13.0. The van der Waals surface area contributed by atoms with Crippen molar-refractivity contribution in [1.82, 2.24) is 0 Å². The van der Waals surface area contributed by atoms with Crippen molar-refractivity contribution in [3.8, 4) is 0 Å². The lowest BCUT2D eigenvalue weighted by Gasteiger charge is -2.09. The molecular weight excluding hydrogens is 306 g/mol. The molecule has 1 unspecified atom stereocenters. The lowest BCUT2D eigenvalue weighted by Crippen LogP contribution is -2.07. The summed E-state index contributed by atoms with van der Waals surface area (Å²) in [5, 5.41) is 0. The molecule has 3 heteroatoms. The van der Waals surface area contributed by atoms with Crippen LogP contribution in [0.5, 0.6) is 0 Å². The summed E-state index contributed by atoms with van der Waals surface area (Å²) in [5.41, 5.74) is 7.21. The Labute approximate surface area is 121 Å². The third-order valence-electron chi connectivity index (χ3n) is 2.80. The molecule has 1 nitrogen and oxygen atoms in total. The first-order valence-electron chi connectivity index (χ1n) is 5.98. The Morgan fingerprint density at radius 3 is 2.00 bits per heavy atom. The quantitative estimate of drug-likeness (QED) is 0.856. The molecule has 1 atom stereocenters. The van der Waals surface area contributed by atoms with Gasteiger partial charge in [-0.2, -0.15) is 0 Å². The van der Waals surface area contributed by atoms with Gasteiger partial charge in [0.25, 0.3) is 0 Å². The number of nitrogens with two attached hydrogens (primary N) is 1. The van der Waals surface area contributed by atoms with Crippen LogP contribution < -0.4 is 5.73 Å². The molecule has 94 valence electrons. The minimum atomic E-state index is 0.150. The van der Waals surface area contributed by atoms with Gasteiger partial charge in [-0.25, -0.2) is 0 Å². The first kappa shape index (κ1) is 13.7. The van der Waals surface area contributed by atoms with Crippen LogP contribution in [0.15, 0.2) is 62.8 Å². The Balaban J connectivity index is 2.08. The van der Waals surface area contributed by atoms with E-state index in [-0.39, 0.29) is 6.04 Å². The molecule has 0 spiro atoms. The molecular formula is C15H16BrNS. The molecule has 0 aliphatic heterocycles. The van der Waals surface area contributed by atoms with E-state index in [9.17, 15) is 0 Å². The molecule has 2 aromatic carbocycles. The summed E-state index contributed by atoms with van der Waals surface area (Å²) < 4.78 is 1.11. The van der Waals surface area contributed by atoms with Crippen LogP contribution in [-0.2, 0) is 0 Å². The summed E-state index contributed by atoms with van der Waals surface area (Å²) in [5.74, 6) is 0. The summed E-state index contributed by atoms with van der Waals surface area (Å²) in [6, 6.07) is 17.0. The van der Waals surface area contributed by atoms with Gasteiger partial charge in [-0.3, -0.25) is 0 Å². The Hall–Kier alpha value is -0.770. The van der Waals surface area contributed by atoms with Crippen LogP contribution in [0, 0.1) is 0 Å². The number of hydrogen-bond donors (Lipinski definition) is 1. The van der Waals surface area contributed by atoms with E-state index in [1.807, 2.05) is 0 Å². The second kappa shape index (κ2) is 6.41. The molecule has 0 heterocycles. The van der Waals surface area contributed by atoms with E-state index in [2.05, 4.69) is 71.4 Å². The van der Waals surface area contributed by atoms with Gasteiger partial charge >= 0.3 is 0 Å². The Kier molecular flexibility index (Phi) is 4.87. The predicted octanol–water partition coefficient (Wildman–Crippen LogP) is 5.01. The maximum atomic E-state index is 6.00. The molecule has 0 aliphatic rings. The highest BCUT2D eigenvalue weighted by Gasteiger charge is 2.03. The van der Waals surface area contributed by atoms with Crippen LogP contribution in [0.25, 0.3) is 0 Å². The second-order valence-corrected chi connectivity index (χ2v) is 6.20. The van der Waals surface area contributed by atoms with Gasteiger partial charge in [-0.1, -0.05) is 46.7 Å². The van der Waals surface area contributed by atoms with E-state index in [0.29, 0.717) is 0 Å². The SMILES string of the molecule is CCC(N)c1ccc(Sc2ccc(Br)cc2)cc1. The Morgan fingerprint density at radius 1 is 1.00 bits per heavy atom. The van der Waals surface area contributed by atoms with Crippen LogP contribution in [0.1, 0.15) is 24.9 Å². The number of benzene rings is 2. The minimum absolute atomic E-state index is 0.150. The van der Waals surface area contributed by atoms with Crippen LogP contribution in [0.2, 0.25) is 0 Å². The summed E-state index contributed by atoms with van der Waals surface area (Å²) in [4.78, 5) is 2.48. The van der Waals surface area contributed by atoms with Crippen molar-refractivity contribution in [2.45, 2.75) is 29.2 Å². The zero-order valence-corrected chi connectivity index (χ0v) is 12.7. The fraction of sp³-hybridized carbons (Fsp3) is 0.200. The predicted molar refractivity (Wildman–Crippen MR) is 81.9 cm³/mol. The fourth-order valence-electron chi connectivity index (χ4n) is 1.66. The number of rotatable bonds is 4. The van der Waals surface area contributed by atoms with Gasteiger partial charge in [0.1, 0.15) is 0 Å². The van der Waals surface area contributed by atoms with E-state index in [0.717, 1.165) is 10.9 Å². The minimum Gasteiger partial charge on any atom is -0.324 e. The number of hydrogen-bond acceptors (Lipinski definition) is 2. The highest BCUT2D eigenvalue weighted by Crippen LogP contribution is 2.29. The van der Waals surface area contributed by atoms with Gasteiger partial charge in [-0.05, 0) is 48.4 Å². The maximum Gasteiger partial charge on any atom is 0.0292 e. The molecule has 0 aromatic heterocycles. The molecule has 0 amide bonds. The molecule has 2 N–H and O–H groups in total. The number of halogens is 1. The van der Waals surface area contributed by atoms with Crippen molar-refractivity contribution in [3.05, 3.63) is 58.6 Å². The lowest BCUT2D eigenvalue weighted by molar-refractivity contribution is 0.698. The van der Waals surface area contributed by atoms with Gasteiger partial charge in [0, 0.05) is 20.3 Å². The van der Waals surface area contributed by atoms with E-state index in [1.165, 1.54) is 15.4 Å². The molecule has 0 saturated carbocycles. The highest BCUT2D eigenvalue weighted by molar-refractivity contribution is 9.10. The molecule has 0 radical (unpaired) electrons. The average molecular weight is 322 g/mol. The van der Waals surface area contributed by atoms with Crippen molar-refractivity contribution in [1.29, 1.82) is 0 Å². The van der Waals surface area contributed by atoms with Gasteiger partial charge in [0.05, 0.1) is 0 Å². The van der Waals surface area contributed by atoms with Gasteiger partial charge in [0.2, 0.25) is 0 Å². The average Bonchev–Trinajstić information content (AvgIpc) is 2.41. The van der Waals surface area contributed by atoms with Gasteiger partial charge < -0.3 is 5.73 Å². The fourth-order valence-corrected chi connectivity index (χ4v) is 2.74. The molecule has 0 aliphatic carbocycles. The maximum absolute atomic E-state index is 6.00. The molecule has 0 bridgehead atoms. The third kappa shape index (κ3) is 3.61.